The molecule has 0 aromatic heterocycles. The molecule has 1 N–H and O–H groups in total. The van der Waals surface area contributed by atoms with Crippen LogP contribution in [0, 0.1) is 0 Å². The van der Waals surface area contributed by atoms with Gasteiger partial charge in [-0.1, -0.05) is 48.5 Å². The van der Waals surface area contributed by atoms with Crippen LogP contribution in [0.3, 0.4) is 0 Å². The minimum atomic E-state index is -0.251. The Labute approximate surface area is 182 Å². The Morgan fingerprint density at radius 2 is 1.61 bits per heavy atom. The molecule has 158 valence electrons. The fraction of sp³-hybridized carbons (Fsp3) is 0.200. The van der Waals surface area contributed by atoms with Crippen LogP contribution in [0.2, 0.25) is 0 Å². The summed E-state index contributed by atoms with van der Waals surface area (Å²) >= 11 is 0. The summed E-state index contributed by atoms with van der Waals surface area (Å²) in [5, 5.41) is 1.81. The van der Waals surface area contributed by atoms with Crippen molar-refractivity contribution in [2.24, 2.45) is 0 Å². The molecule has 1 saturated heterocycles. The van der Waals surface area contributed by atoms with Crippen LogP contribution in [0.25, 0.3) is 0 Å². The standard InChI is InChI=1S/C25H25N3O3/c29-24(19-31-23-15-13-21(14-16-23)27-17-7-12-25(27)30)26-28(22-10-5-2-6-11-22)18-20-8-3-1-4-9-20/h1-6,8-11,13-16H,7,12,17-19H2,(H,26,29). The highest BCUT2D eigenvalue weighted by atomic mass is 16.5. The largest absolute Gasteiger partial charge is 0.484 e. The van der Waals surface area contributed by atoms with Crippen molar-refractivity contribution in [1.29, 1.82) is 0 Å². The van der Waals surface area contributed by atoms with E-state index < -0.39 is 0 Å². The number of benzene rings is 3. The van der Waals surface area contributed by atoms with Gasteiger partial charge in [-0.25, -0.2) is 0 Å². The van der Waals surface area contributed by atoms with Gasteiger partial charge in [-0.05, 0) is 48.4 Å². The quantitative estimate of drug-likeness (QED) is 0.567. The van der Waals surface area contributed by atoms with Crippen molar-refractivity contribution in [2.75, 3.05) is 23.1 Å². The van der Waals surface area contributed by atoms with E-state index >= 15 is 0 Å². The summed E-state index contributed by atoms with van der Waals surface area (Å²) in [4.78, 5) is 26.2. The number of ether oxygens (including phenoxy) is 1. The molecule has 3 aromatic carbocycles. The fourth-order valence-corrected chi connectivity index (χ4v) is 3.54. The summed E-state index contributed by atoms with van der Waals surface area (Å²) in [6.07, 6.45) is 1.48. The van der Waals surface area contributed by atoms with Crippen LogP contribution < -0.4 is 20.1 Å². The van der Waals surface area contributed by atoms with E-state index in [2.05, 4.69) is 5.43 Å². The van der Waals surface area contributed by atoms with Gasteiger partial charge in [0.2, 0.25) is 5.91 Å². The van der Waals surface area contributed by atoms with Crippen LogP contribution in [-0.4, -0.2) is 25.0 Å². The Kier molecular flexibility index (Phi) is 6.47. The van der Waals surface area contributed by atoms with Crippen LogP contribution >= 0.6 is 0 Å². The molecule has 3 aromatic rings. The lowest BCUT2D eigenvalue weighted by Gasteiger charge is -2.25. The fourth-order valence-electron chi connectivity index (χ4n) is 3.54. The average molecular weight is 415 g/mol. The Morgan fingerprint density at radius 3 is 2.26 bits per heavy atom. The van der Waals surface area contributed by atoms with Gasteiger partial charge in [-0.15, -0.1) is 0 Å². The topological polar surface area (TPSA) is 61.9 Å². The molecule has 4 rings (SSSR count). The van der Waals surface area contributed by atoms with Gasteiger partial charge in [0.15, 0.2) is 6.61 Å². The highest BCUT2D eigenvalue weighted by Gasteiger charge is 2.21. The summed E-state index contributed by atoms with van der Waals surface area (Å²) in [5.74, 6) is 0.478. The number of carbonyl (C=O) groups is 2. The van der Waals surface area contributed by atoms with Gasteiger partial charge in [-0.3, -0.25) is 20.0 Å². The number of hydrogen-bond donors (Lipinski definition) is 1. The number of hydrazine groups is 1. The third-order valence-electron chi connectivity index (χ3n) is 5.10. The second kappa shape index (κ2) is 9.80. The van der Waals surface area contributed by atoms with Crippen LogP contribution in [-0.2, 0) is 16.1 Å². The minimum absolute atomic E-state index is 0.111. The third-order valence-corrected chi connectivity index (χ3v) is 5.10. The summed E-state index contributed by atoms with van der Waals surface area (Å²) in [6, 6.07) is 26.9. The first kappa shape index (κ1) is 20.5. The average Bonchev–Trinajstić information content (AvgIpc) is 3.25. The maximum absolute atomic E-state index is 12.6. The van der Waals surface area contributed by atoms with Crippen molar-refractivity contribution >= 4 is 23.2 Å². The number of hydrogen-bond acceptors (Lipinski definition) is 4. The molecule has 1 aliphatic heterocycles. The van der Waals surface area contributed by atoms with Crippen LogP contribution in [0.15, 0.2) is 84.9 Å². The lowest BCUT2D eigenvalue weighted by Crippen LogP contribution is -2.44. The molecule has 0 saturated carbocycles. The van der Waals surface area contributed by atoms with E-state index in [4.69, 9.17) is 4.74 Å². The molecule has 0 aliphatic carbocycles. The minimum Gasteiger partial charge on any atom is -0.484 e. The Hall–Kier alpha value is -3.80. The van der Waals surface area contributed by atoms with Crippen LogP contribution in [0.1, 0.15) is 18.4 Å². The number of anilines is 2. The van der Waals surface area contributed by atoms with Crippen molar-refractivity contribution in [1.82, 2.24) is 5.43 Å². The molecule has 0 bridgehead atoms. The molecular weight excluding hydrogens is 390 g/mol. The van der Waals surface area contributed by atoms with E-state index in [1.807, 2.05) is 77.8 Å². The summed E-state index contributed by atoms with van der Waals surface area (Å²) < 4.78 is 5.66. The van der Waals surface area contributed by atoms with E-state index in [1.165, 1.54) is 0 Å². The van der Waals surface area contributed by atoms with Crippen molar-refractivity contribution in [2.45, 2.75) is 19.4 Å². The van der Waals surface area contributed by atoms with E-state index in [-0.39, 0.29) is 18.4 Å². The summed E-state index contributed by atoms with van der Waals surface area (Å²) in [6.45, 7) is 1.17. The van der Waals surface area contributed by atoms with Crippen LogP contribution in [0.5, 0.6) is 5.75 Å². The lowest BCUT2D eigenvalue weighted by molar-refractivity contribution is -0.123. The molecule has 6 heteroatoms. The van der Waals surface area contributed by atoms with Gasteiger partial charge in [0.1, 0.15) is 5.75 Å². The number of carbonyl (C=O) groups excluding carboxylic acids is 2. The SMILES string of the molecule is O=C(COc1ccc(N2CCCC2=O)cc1)NN(Cc1ccccc1)c1ccccc1. The van der Waals surface area contributed by atoms with Gasteiger partial charge in [0.05, 0.1) is 12.2 Å². The molecule has 1 fully saturated rings. The monoisotopic (exact) mass is 415 g/mol. The molecule has 1 heterocycles. The highest BCUT2D eigenvalue weighted by Crippen LogP contribution is 2.24. The first-order valence-corrected chi connectivity index (χ1v) is 10.4. The first-order chi connectivity index (χ1) is 15.2. The molecule has 0 atom stereocenters. The second-order valence-corrected chi connectivity index (χ2v) is 7.37. The number of amides is 2. The van der Waals surface area contributed by atoms with E-state index in [0.29, 0.717) is 18.7 Å². The number of nitrogens with one attached hydrogen (secondary N) is 1. The molecule has 0 unspecified atom stereocenters. The number of rotatable bonds is 8. The molecule has 0 radical (unpaired) electrons. The van der Waals surface area contributed by atoms with Gasteiger partial charge >= 0.3 is 0 Å². The van der Waals surface area contributed by atoms with Crippen molar-refractivity contribution < 1.29 is 14.3 Å². The summed E-state index contributed by atoms with van der Waals surface area (Å²) in [7, 11) is 0. The molecule has 6 nitrogen and oxygen atoms in total. The normalized spacial score (nSPS) is 13.2. The number of nitrogens with zero attached hydrogens (tertiary/aromatic N) is 2. The molecule has 1 aliphatic rings. The molecule has 31 heavy (non-hydrogen) atoms. The smallest absolute Gasteiger partial charge is 0.276 e. The predicted molar refractivity (Wildman–Crippen MR) is 121 cm³/mol. The zero-order chi connectivity index (χ0) is 21.5. The van der Waals surface area contributed by atoms with E-state index in [1.54, 1.807) is 17.0 Å². The Morgan fingerprint density at radius 1 is 0.935 bits per heavy atom. The van der Waals surface area contributed by atoms with E-state index in [9.17, 15) is 9.59 Å². The Balaban J connectivity index is 1.36. The van der Waals surface area contributed by atoms with E-state index in [0.717, 1.165) is 29.9 Å². The number of para-hydroxylation sites is 1. The molecule has 0 spiro atoms. The maximum atomic E-state index is 12.6. The first-order valence-electron chi connectivity index (χ1n) is 10.4. The predicted octanol–water partition coefficient (Wildman–Crippen LogP) is 3.93. The molecular formula is C25H25N3O3. The van der Waals surface area contributed by atoms with Crippen LogP contribution in [0.4, 0.5) is 11.4 Å². The van der Waals surface area contributed by atoms with Gasteiger partial charge in [-0.2, -0.15) is 0 Å². The second-order valence-electron chi connectivity index (χ2n) is 7.37. The van der Waals surface area contributed by atoms with Crippen molar-refractivity contribution in [3.8, 4) is 5.75 Å². The maximum Gasteiger partial charge on any atom is 0.276 e. The molecule has 2 amide bonds. The third kappa shape index (κ3) is 5.42. The van der Waals surface area contributed by atoms with Gasteiger partial charge in [0, 0.05) is 18.7 Å². The Bertz CT molecular complexity index is 1010. The van der Waals surface area contributed by atoms with Crippen molar-refractivity contribution in [3.63, 3.8) is 0 Å². The zero-order valence-electron chi connectivity index (χ0n) is 17.2. The van der Waals surface area contributed by atoms with Crippen molar-refractivity contribution in [3.05, 3.63) is 90.5 Å². The van der Waals surface area contributed by atoms with Gasteiger partial charge < -0.3 is 9.64 Å². The highest BCUT2D eigenvalue weighted by molar-refractivity contribution is 5.95. The van der Waals surface area contributed by atoms with Gasteiger partial charge in [0.25, 0.3) is 5.91 Å². The summed E-state index contributed by atoms with van der Waals surface area (Å²) in [5.41, 5.74) is 5.76. The zero-order valence-corrected chi connectivity index (χ0v) is 17.2. The lowest BCUT2D eigenvalue weighted by atomic mass is 10.2.